The largest absolute Gasteiger partial charge is 0.342 e. The van der Waals surface area contributed by atoms with Crippen LogP contribution in [0.3, 0.4) is 0 Å². The number of thioether (sulfide) groups is 1. The van der Waals surface area contributed by atoms with Gasteiger partial charge < -0.3 is 10.3 Å². The quantitative estimate of drug-likeness (QED) is 0.510. The molecule has 2 N–H and O–H groups in total. The first kappa shape index (κ1) is 22.9. The molecule has 0 spiro atoms. The van der Waals surface area contributed by atoms with Crippen molar-refractivity contribution in [1.82, 2.24) is 15.3 Å². The van der Waals surface area contributed by atoms with Crippen LogP contribution in [0.1, 0.15) is 41.5 Å². The highest BCUT2D eigenvalue weighted by atomic mass is 35.5. The van der Waals surface area contributed by atoms with E-state index >= 15 is 0 Å². The van der Waals surface area contributed by atoms with Crippen LogP contribution < -0.4 is 9.62 Å². The number of halogens is 1. The number of fused-ring (bicyclic) bond motifs is 1. The van der Waals surface area contributed by atoms with E-state index in [1.165, 1.54) is 4.31 Å². The summed E-state index contributed by atoms with van der Waals surface area (Å²) in [7, 11) is -3.44. The summed E-state index contributed by atoms with van der Waals surface area (Å²) in [4.78, 5) is 21.1. The van der Waals surface area contributed by atoms with Crippen LogP contribution >= 0.6 is 23.4 Å². The third kappa shape index (κ3) is 4.89. The molecule has 0 saturated carbocycles. The second-order valence-corrected chi connectivity index (χ2v) is 11.1. The van der Waals surface area contributed by atoms with Crippen molar-refractivity contribution >= 4 is 56.0 Å². The summed E-state index contributed by atoms with van der Waals surface area (Å²) < 4.78 is 26.4. The molecule has 170 valence electrons. The second kappa shape index (κ2) is 9.72. The summed E-state index contributed by atoms with van der Waals surface area (Å²) in [6.45, 7) is 0.364. The summed E-state index contributed by atoms with van der Waals surface area (Å²) in [5.74, 6) is 1.33. The minimum atomic E-state index is -3.44. The third-order valence-electron chi connectivity index (χ3n) is 5.48. The molecule has 1 saturated heterocycles. The standard InChI is InChI=1S/C22H25ClN4O3S2/c1-31-12-10-19(21-24-17-6-2-3-7-18(17)25-21)26-22(28)15-8-9-16(23)20(14-15)27-11-4-5-13-32(27,29)30/h2-3,6-9,14,19H,4-5,10-13H2,1H3,(H,24,25)(H,26,28)/t19-/m0/s1. The van der Waals surface area contributed by atoms with Gasteiger partial charge in [-0.15, -0.1) is 0 Å². The number of sulfonamides is 1. The number of hydrogen-bond donors (Lipinski definition) is 2. The molecule has 0 aliphatic carbocycles. The molecule has 7 nitrogen and oxygen atoms in total. The van der Waals surface area contributed by atoms with Crippen LogP contribution in [0.2, 0.25) is 5.02 Å². The van der Waals surface area contributed by atoms with Crippen LogP contribution in [0.25, 0.3) is 11.0 Å². The molecule has 32 heavy (non-hydrogen) atoms. The number of aromatic nitrogens is 2. The van der Waals surface area contributed by atoms with Crippen molar-refractivity contribution in [3.63, 3.8) is 0 Å². The topological polar surface area (TPSA) is 95.2 Å². The van der Waals surface area contributed by atoms with Crippen LogP contribution in [0.15, 0.2) is 42.5 Å². The Morgan fingerprint density at radius 1 is 1.28 bits per heavy atom. The Balaban J connectivity index is 1.60. The normalized spacial score (nSPS) is 16.8. The first-order chi connectivity index (χ1) is 15.4. The number of aromatic amines is 1. The average Bonchev–Trinajstić information content (AvgIpc) is 3.21. The molecule has 2 aromatic carbocycles. The van der Waals surface area contributed by atoms with Crippen molar-refractivity contribution in [3.05, 3.63) is 58.9 Å². The Kier molecular flexibility index (Phi) is 6.97. The van der Waals surface area contributed by atoms with Crippen molar-refractivity contribution in [2.24, 2.45) is 0 Å². The van der Waals surface area contributed by atoms with Gasteiger partial charge >= 0.3 is 0 Å². The lowest BCUT2D eigenvalue weighted by Crippen LogP contribution is -2.38. The number of amides is 1. The second-order valence-electron chi connectivity index (χ2n) is 7.71. The Labute approximate surface area is 197 Å². The first-order valence-electron chi connectivity index (χ1n) is 10.4. The van der Waals surface area contributed by atoms with E-state index in [-0.39, 0.29) is 17.7 Å². The van der Waals surface area contributed by atoms with Gasteiger partial charge in [-0.2, -0.15) is 11.8 Å². The minimum absolute atomic E-state index is 0.0859. The van der Waals surface area contributed by atoms with Gasteiger partial charge in [-0.3, -0.25) is 9.10 Å². The summed E-state index contributed by atoms with van der Waals surface area (Å²) in [5.41, 5.74) is 2.46. The van der Waals surface area contributed by atoms with Gasteiger partial charge in [0.25, 0.3) is 5.91 Å². The van der Waals surface area contributed by atoms with Crippen LogP contribution in [0.4, 0.5) is 5.69 Å². The Hall–Kier alpha value is -2.23. The Morgan fingerprint density at radius 3 is 2.84 bits per heavy atom. The highest BCUT2D eigenvalue weighted by Crippen LogP contribution is 2.32. The van der Waals surface area contributed by atoms with Gasteiger partial charge in [0.2, 0.25) is 10.0 Å². The maximum Gasteiger partial charge on any atom is 0.251 e. The number of carbonyl (C=O) groups excluding carboxylic acids is 1. The SMILES string of the molecule is CSCC[C@H](NC(=O)c1ccc(Cl)c(N2CCCCS2(=O)=O)c1)c1nc2ccccc2[nH]1. The average molecular weight is 493 g/mol. The van der Waals surface area contributed by atoms with Gasteiger partial charge in [-0.05, 0) is 61.6 Å². The molecule has 1 fully saturated rings. The van der Waals surface area contributed by atoms with Crippen molar-refractivity contribution in [2.45, 2.75) is 25.3 Å². The predicted octanol–water partition coefficient (Wildman–Crippen LogP) is 4.37. The number of para-hydroxylation sites is 2. The zero-order valence-electron chi connectivity index (χ0n) is 17.7. The van der Waals surface area contributed by atoms with Crippen molar-refractivity contribution in [1.29, 1.82) is 0 Å². The summed E-state index contributed by atoms with van der Waals surface area (Å²) in [5, 5.41) is 3.37. The van der Waals surface area contributed by atoms with Crippen molar-refractivity contribution in [3.8, 4) is 0 Å². The molecule has 4 rings (SSSR count). The summed E-state index contributed by atoms with van der Waals surface area (Å²) in [6.07, 6.45) is 4.11. The molecular formula is C22H25ClN4O3S2. The number of rotatable bonds is 7. The van der Waals surface area contributed by atoms with E-state index in [1.54, 1.807) is 30.0 Å². The third-order valence-corrected chi connectivity index (χ3v) is 8.30. The fraction of sp³-hybridized carbons (Fsp3) is 0.364. The molecule has 0 radical (unpaired) electrons. The van der Waals surface area contributed by atoms with Crippen molar-refractivity contribution in [2.75, 3.05) is 28.6 Å². The molecule has 3 aromatic rings. The number of anilines is 1. The van der Waals surface area contributed by atoms with E-state index in [2.05, 4.69) is 15.3 Å². The van der Waals surface area contributed by atoms with E-state index in [9.17, 15) is 13.2 Å². The highest BCUT2D eigenvalue weighted by molar-refractivity contribution is 7.98. The van der Waals surface area contributed by atoms with E-state index in [0.29, 0.717) is 41.5 Å². The summed E-state index contributed by atoms with van der Waals surface area (Å²) in [6, 6.07) is 12.2. The molecular weight excluding hydrogens is 468 g/mol. The zero-order valence-corrected chi connectivity index (χ0v) is 20.1. The number of hydrogen-bond acceptors (Lipinski definition) is 5. The number of benzene rings is 2. The lowest BCUT2D eigenvalue weighted by molar-refractivity contribution is 0.0934. The molecule has 2 heterocycles. The fourth-order valence-electron chi connectivity index (χ4n) is 3.80. The molecule has 1 aliphatic heterocycles. The first-order valence-corrected chi connectivity index (χ1v) is 13.8. The van der Waals surface area contributed by atoms with Gasteiger partial charge in [0.15, 0.2) is 0 Å². The molecule has 0 unspecified atom stereocenters. The highest BCUT2D eigenvalue weighted by Gasteiger charge is 2.28. The minimum Gasteiger partial charge on any atom is -0.342 e. The monoisotopic (exact) mass is 492 g/mol. The van der Waals surface area contributed by atoms with E-state index in [0.717, 1.165) is 23.2 Å². The van der Waals surface area contributed by atoms with Gasteiger partial charge in [-0.1, -0.05) is 23.7 Å². The predicted molar refractivity (Wildman–Crippen MR) is 131 cm³/mol. The van der Waals surface area contributed by atoms with Crippen LogP contribution in [-0.4, -0.2) is 48.6 Å². The number of nitrogens with one attached hydrogen (secondary N) is 2. The summed E-state index contributed by atoms with van der Waals surface area (Å²) >= 11 is 8.01. The van der Waals surface area contributed by atoms with Gasteiger partial charge in [-0.25, -0.2) is 13.4 Å². The molecule has 0 bridgehead atoms. The zero-order chi connectivity index (χ0) is 22.7. The van der Waals surface area contributed by atoms with Crippen molar-refractivity contribution < 1.29 is 13.2 Å². The van der Waals surface area contributed by atoms with E-state index < -0.39 is 10.0 Å². The lowest BCUT2D eigenvalue weighted by Gasteiger charge is -2.29. The Morgan fingerprint density at radius 2 is 2.09 bits per heavy atom. The van der Waals surface area contributed by atoms with Crippen LogP contribution in [0, 0.1) is 0 Å². The van der Waals surface area contributed by atoms with Gasteiger partial charge in [0.05, 0.1) is 33.5 Å². The number of H-pyrrole nitrogens is 1. The maximum atomic E-state index is 13.1. The van der Waals surface area contributed by atoms with Crippen LogP contribution in [0.5, 0.6) is 0 Å². The molecule has 1 aliphatic rings. The fourth-order valence-corrected chi connectivity index (χ4v) is 6.18. The molecule has 10 heteroatoms. The van der Waals surface area contributed by atoms with Gasteiger partial charge in [0.1, 0.15) is 5.82 Å². The van der Waals surface area contributed by atoms with Gasteiger partial charge in [0, 0.05) is 12.1 Å². The Bertz CT molecular complexity index is 1200. The number of carbonyl (C=O) groups is 1. The van der Waals surface area contributed by atoms with E-state index in [4.69, 9.17) is 11.6 Å². The molecule has 1 atom stereocenters. The number of nitrogens with zero attached hydrogens (tertiary/aromatic N) is 2. The van der Waals surface area contributed by atoms with Crippen LogP contribution in [-0.2, 0) is 10.0 Å². The van der Waals surface area contributed by atoms with E-state index in [1.807, 2.05) is 30.5 Å². The molecule has 1 amide bonds. The smallest absolute Gasteiger partial charge is 0.251 e. The molecule has 1 aromatic heterocycles. The maximum absolute atomic E-state index is 13.1. The lowest BCUT2D eigenvalue weighted by atomic mass is 10.1. The number of imidazole rings is 1.